The van der Waals surface area contributed by atoms with Crippen LogP contribution in [0.1, 0.15) is 31.9 Å². The smallest absolute Gasteiger partial charge is 0.137 e. The summed E-state index contributed by atoms with van der Waals surface area (Å²) in [4.78, 5) is 0. The fourth-order valence-corrected chi connectivity index (χ4v) is 2.92. The summed E-state index contributed by atoms with van der Waals surface area (Å²) in [6, 6.07) is 6.29. The maximum absolute atomic E-state index is 6.09. The number of rotatable bonds is 5. The lowest BCUT2D eigenvalue weighted by molar-refractivity contribution is 0.117. The molecule has 2 rings (SSSR count). The van der Waals surface area contributed by atoms with E-state index in [0.717, 1.165) is 25.3 Å². The van der Waals surface area contributed by atoms with Crippen molar-refractivity contribution in [3.05, 3.63) is 28.8 Å². The molecular formula is C15H22ClNO2. The Morgan fingerprint density at radius 2 is 2.32 bits per heavy atom. The molecule has 0 spiro atoms. The first kappa shape index (κ1) is 14.6. The van der Waals surface area contributed by atoms with Crippen LogP contribution in [-0.2, 0) is 4.74 Å². The summed E-state index contributed by atoms with van der Waals surface area (Å²) in [5, 5.41) is 4.20. The van der Waals surface area contributed by atoms with Crippen LogP contribution >= 0.6 is 11.6 Å². The molecule has 0 aliphatic carbocycles. The zero-order chi connectivity index (χ0) is 13.8. The summed E-state index contributed by atoms with van der Waals surface area (Å²) in [5.74, 6) is 1.23. The summed E-state index contributed by atoms with van der Waals surface area (Å²) >= 11 is 6.09. The number of hydrogen-bond acceptors (Lipinski definition) is 3. The lowest BCUT2D eigenvalue weighted by Crippen LogP contribution is -2.28. The average molecular weight is 284 g/mol. The molecule has 1 saturated heterocycles. The highest BCUT2D eigenvalue weighted by molar-refractivity contribution is 6.32. The average Bonchev–Trinajstić information content (AvgIpc) is 2.83. The molecule has 106 valence electrons. The van der Waals surface area contributed by atoms with Gasteiger partial charge in [-0.3, -0.25) is 0 Å². The zero-order valence-electron chi connectivity index (χ0n) is 11.8. The molecule has 1 fully saturated rings. The number of methoxy groups -OCH3 is 1. The van der Waals surface area contributed by atoms with E-state index < -0.39 is 0 Å². The van der Waals surface area contributed by atoms with E-state index in [0.29, 0.717) is 23.1 Å². The number of nitrogens with one attached hydrogen (secondary N) is 1. The molecule has 3 atom stereocenters. The minimum absolute atomic E-state index is 0.293. The van der Waals surface area contributed by atoms with Crippen molar-refractivity contribution in [2.75, 3.05) is 20.3 Å². The third-order valence-electron chi connectivity index (χ3n) is 3.66. The molecule has 3 unspecified atom stereocenters. The number of benzene rings is 1. The van der Waals surface area contributed by atoms with E-state index in [9.17, 15) is 0 Å². The lowest BCUT2D eigenvalue weighted by atomic mass is 9.91. The highest BCUT2D eigenvalue weighted by Crippen LogP contribution is 2.35. The Morgan fingerprint density at radius 1 is 1.53 bits per heavy atom. The topological polar surface area (TPSA) is 30.5 Å². The fourth-order valence-electron chi connectivity index (χ4n) is 2.73. The van der Waals surface area contributed by atoms with Crippen LogP contribution in [0.4, 0.5) is 0 Å². The maximum Gasteiger partial charge on any atom is 0.137 e. The molecule has 0 bridgehead atoms. The minimum Gasteiger partial charge on any atom is -0.495 e. The largest absolute Gasteiger partial charge is 0.495 e. The first-order chi connectivity index (χ1) is 9.15. The van der Waals surface area contributed by atoms with E-state index >= 15 is 0 Å². The third-order valence-corrected chi connectivity index (χ3v) is 3.97. The van der Waals surface area contributed by atoms with Crippen LogP contribution in [0.2, 0.25) is 5.02 Å². The van der Waals surface area contributed by atoms with Gasteiger partial charge < -0.3 is 14.8 Å². The summed E-state index contributed by atoms with van der Waals surface area (Å²) in [5.41, 5.74) is 1.21. The van der Waals surface area contributed by atoms with Gasteiger partial charge in [-0.15, -0.1) is 0 Å². The van der Waals surface area contributed by atoms with Crippen molar-refractivity contribution in [2.45, 2.75) is 32.4 Å². The predicted octanol–water partition coefficient (Wildman–Crippen LogP) is 3.42. The molecule has 0 aromatic heterocycles. The Bertz CT molecular complexity index is 425. The SMILES string of the molecule is CCNC(c1ccc(Cl)c(OC)c1)C1COC(C)C1. The molecule has 4 heteroatoms. The predicted molar refractivity (Wildman–Crippen MR) is 77.9 cm³/mol. The van der Waals surface area contributed by atoms with Gasteiger partial charge in [-0.05, 0) is 37.6 Å². The maximum atomic E-state index is 6.09. The van der Waals surface area contributed by atoms with E-state index in [2.05, 4.69) is 25.2 Å². The fraction of sp³-hybridized carbons (Fsp3) is 0.600. The standard InChI is InChI=1S/C15H22ClNO2/c1-4-17-15(12-7-10(2)19-9-12)11-5-6-13(16)14(8-11)18-3/h5-6,8,10,12,15,17H,4,7,9H2,1-3H3. The van der Waals surface area contributed by atoms with Crippen molar-refractivity contribution in [2.24, 2.45) is 5.92 Å². The number of halogens is 1. The summed E-state index contributed by atoms with van der Waals surface area (Å²) in [7, 11) is 1.65. The summed E-state index contributed by atoms with van der Waals surface area (Å²) in [6.45, 7) is 6.00. The molecule has 1 aliphatic rings. The summed E-state index contributed by atoms with van der Waals surface area (Å²) in [6.07, 6.45) is 1.43. The van der Waals surface area contributed by atoms with Crippen molar-refractivity contribution >= 4 is 11.6 Å². The van der Waals surface area contributed by atoms with Crippen LogP contribution in [-0.4, -0.2) is 26.4 Å². The molecule has 19 heavy (non-hydrogen) atoms. The van der Waals surface area contributed by atoms with Gasteiger partial charge in [0, 0.05) is 12.0 Å². The number of hydrogen-bond donors (Lipinski definition) is 1. The first-order valence-corrected chi connectivity index (χ1v) is 7.22. The van der Waals surface area contributed by atoms with Gasteiger partial charge in [-0.25, -0.2) is 0 Å². The van der Waals surface area contributed by atoms with Gasteiger partial charge in [0.05, 0.1) is 24.8 Å². The number of ether oxygens (including phenoxy) is 2. The second-order valence-electron chi connectivity index (χ2n) is 5.07. The molecule has 1 aromatic carbocycles. The Hall–Kier alpha value is -0.770. The van der Waals surface area contributed by atoms with E-state index in [-0.39, 0.29) is 0 Å². The highest BCUT2D eigenvalue weighted by Gasteiger charge is 2.30. The second-order valence-corrected chi connectivity index (χ2v) is 5.48. The van der Waals surface area contributed by atoms with Crippen molar-refractivity contribution in [3.63, 3.8) is 0 Å². The molecule has 1 heterocycles. The normalized spacial score (nSPS) is 24.4. The van der Waals surface area contributed by atoms with Gasteiger partial charge >= 0.3 is 0 Å². The Labute approximate surface area is 120 Å². The second kappa shape index (κ2) is 6.60. The molecule has 0 radical (unpaired) electrons. The monoisotopic (exact) mass is 283 g/mol. The molecular weight excluding hydrogens is 262 g/mol. The van der Waals surface area contributed by atoms with Crippen LogP contribution in [0.3, 0.4) is 0 Å². The minimum atomic E-state index is 0.293. The van der Waals surface area contributed by atoms with Gasteiger partial charge in [-0.1, -0.05) is 24.6 Å². The molecule has 1 aromatic rings. The third kappa shape index (κ3) is 3.41. The summed E-state index contributed by atoms with van der Waals surface area (Å²) < 4.78 is 11.0. The van der Waals surface area contributed by atoms with E-state index in [4.69, 9.17) is 21.1 Å². The highest BCUT2D eigenvalue weighted by atomic mass is 35.5. The molecule has 1 N–H and O–H groups in total. The molecule has 0 saturated carbocycles. The Balaban J connectivity index is 2.23. The van der Waals surface area contributed by atoms with Gasteiger partial charge in [0.15, 0.2) is 0 Å². The van der Waals surface area contributed by atoms with Crippen LogP contribution in [0.5, 0.6) is 5.75 Å². The Morgan fingerprint density at radius 3 is 2.89 bits per heavy atom. The lowest BCUT2D eigenvalue weighted by Gasteiger charge is -2.24. The zero-order valence-corrected chi connectivity index (χ0v) is 12.5. The van der Waals surface area contributed by atoms with Crippen molar-refractivity contribution in [1.82, 2.24) is 5.32 Å². The van der Waals surface area contributed by atoms with Crippen molar-refractivity contribution in [3.8, 4) is 5.75 Å². The van der Waals surface area contributed by atoms with Gasteiger partial charge in [0.1, 0.15) is 5.75 Å². The molecule has 1 aliphatic heterocycles. The van der Waals surface area contributed by atoms with Crippen LogP contribution < -0.4 is 10.1 Å². The van der Waals surface area contributed by atoms with E-state index in [1.165, 1.54) is 5.56 Å². The quantitative estimate of drug-likeness (QED) is 0.898. The van der Waals surface area contributed by atoms with Crippen LogP contribution in [0.25, 0.3) is 0 Å². The van der Waals surface area contributed by atoms with E-state index in [1.54, 1.807) is 7.11 Å². The van der Waals surface area contributed by atoms with Crippen LogP contribution in [0, 0.1) is 5.92 Å². The molecule has 0 amide bonds. The van der Waals surface area contributed by atoms with Gasteiger partial charge in [-0.2, -0.15) is 0 Å². The van der Waals surface area contributed by atoms with Gasteiger partial charge in [0.2, 0.25) is 0 Å². The van der Waals surface area contributed by atoms with E-state index in [1.807, 2.05) is 12.1 Å². The van der Waals surface area contributed by atoms with Gasteiger partial charge in [0.25, 0.3) is 0 Å². The Kier molecular flexibility index (Phi) is 5.08. The molecule has 3 nitrogen and oxygen atoms in total. The van der Waals surface area contributed by atoms with Crippen molar-refractivity contribution < 1.29 is 9.47 Å². The first-order valence-electron chi connectivity index (χ1n) is 6.84. The van der Waals surface area contributed by atoms with Crippen LogP contribution in [0.15, 0.2) is 18.2 Å². The van der Waals surface area contributed by atoms with Crippen molar-refractivity contribution in [1.29, 1.82) is 0 Å².